The molecule has 1 rings (SSSR count). The molecule has 17 heavy (non-hydrogen) atoms. The number of benzene rings is 1. The molecule has 0 atom stereocenters. The van der Waals surface area contributed by atoms with Gasteiger partial charge in [-0.15, -0.1) is 0 Å². The molecule has 0 bridgehead atoms. The lowest BCUT2D eigenvalue weighted by Crippen LogP contribution is -2.30. The Bertz CT molecular complexity index is 463. The highest BCUT2D eigenvalue weighted by Crippen LogP contribution is 2.19. The van der Waals surface area contributed by atoms with Gasteiger partial charge in [-0.25, -0.2) is 8.42 Å². The minimum absolute atomic E-state index is 0.0878. The summed E-state index contributed by atoms with van der Waals surface area (Å²) in [5.74, 6) is 0.652. The summed E-state index contributed by atoms with van der Waals surface area (Å²) in [7, 11) is -3.14. The largest absolute Gasteiger partial charge is 0.493 e. The minimum atomic E-state index is -3.14. The van der Waals surface area contributed by atoms with Crippen LogP contribution in [-0.2, 0) is 9.84 Å². The first-order valence-electron chi connectivity index (χ1n) is 5.38. The van der Waals surface area contributed by atoms with E-state index in [-0.39, 0.29) is 5.41 Å². The standard InChI is InChI=1S/C12H19NO3S/c1-12(2,8-13)9-16-10-4-6-11(7-5-10)17(3,14)15/h4-7H,8-9,13H2,1-3H3. The van der Waals surface area contributed by atoms with Crippen molar-refractivity contribution in [3.05, 3.63) is 24.3 Å². The van der Waals surface area contributed by atoms with E-state index in [1.807, 2.05) is 13.8 Å². The minimum Gasteiger partial charge on any atom is -0.493 e. The van der Waals surface area contributed by atoms with Crippen molar-refractivity contribution in [3.63, 3.8) is 0 Å². The second kappa shape index (κ2) is 5.06. The monoisotopic (exact) mass is 257 g/mol. The van der Waals surface area contributed by atoms with E-state index < -0.39 is 9.84 Å². The number of rotatable bonds is 5. The fourth-order valence-electron chi connectivity index (χ4n) is 1.12. The van der Waals surface area contributed by atoms with Crippen molar-refractivity contribution in [1.29, 1.82) is 0 Å². The number of nitrogens with two attached hydrogens (primary N) is 1. The lowest BCUT2D eigenvalue weighted by molar-refractivity contribution is 0.187. The molecule has 96 valence electrons. The molecule has 5 heteroatoms. The van der Waals surface area contributed by atoms with Gasteiger partial charge in [0.25, 0.3) is 0 Å². The summed E-state index contributed by atoms with van der Waals surface area (Å²) >= 11 is 0. The van der Waals surface area contributed by atoms with Crippen molar-refractivity contribution >= 4 is 9.84 Å². The van der Waals surface area contributed by atoms with Gasteiger partial charge in [0.1, 0.15) is 5.75 Å². The number of sulfone groups is 1. The quantitative estimate of drug-likeness (QED) is 0.867. The summed E-state index contributed by atoms with van der Waals surface area (Å²) in [4.78, 5) is 0.294. The maximum absolute atomic E-state index is 11.3. The highest BCUT2D eigenvalue weighted by molar-refractivity contribution is 7.90. The molecule has 0 aliphatic rings. The van der Waals surface area contributed by atoms with Gasteiger partial charge in [0.15, 0.2) is 9.84 Å². The van der Waals surface area contributed by atoms with Crippen LogP contribution in [0.15, 0.2) is 29.2 Å². The van der Waals surface area contributed by atoms with Gasteiger partial charge >= 0.3 is 0 Å². The molecule has 4 nitrogen and oxygen atoms in total. The lowest BCUT2D eigenvalue weighted by Gasteiger charge is -2.22. The van der Waals surface area contributed by atoms with E-state index >= 15 is 0 Å². The second-order valence-corrected chi connectivity index (χ2v) is 6.92. The summed E-state index contributed by atoms with van der Waals surface area (Å²) < 4.78 is 28.1. The van der Waals surface area contributed by atoms with Crippen molar-refractivity contribution in [1.82, 2.24) is 0 Å². The van der Waals surface area contributed by atoms with Crippen LogP contribution in [0.2, 0.25) is 0 Å². The van der Waals surface area contributed by atoms with Gasteiger partial charge in [0.2, 0.25) is 0 Å². The van der Waals surface area contributed by atoms with E-state index in [2.05, 4.69) is 0 Å². The van der Waals surface area contributed by atoms with Gasteiger partial charge in [0, 0.05) is 18.2 Å². The third-order valence-electron chi connectivity index (χ3n) is 2.43. The van der Waals surface area contributed by atoms with Gasteiger partial charge < -0.3 is 10.5 Å². The van der Waals surface area contributed by atoms with Crippen LogP contribution >= 0.6 is 0 Å². The van der Waals surface area contributed by atoms with Crippen molar-refractivity contribution in [2.75, 3.05) is 19.4 Å². The maximum atomic E-state index is 11.3. The van der Waals surface area contributed by atoms with Crippen LogP contribution in [0.5, 0.6) is 5.75 Å². The molecular weight excluding hydrogens is 238 g/mol. The molecule has 0 unspecified atom stereocenters. The molecule has 0 aromatic heterocycles. The van der Waals surface area contributed by atoms with Crippen molar-refractivity contribution in [2.45, 2.75) is 18.7 Å². The Hall–Kier alpha value is -1.07. The summed E-state index contributed by atoms with van der Waals surface area (Å²) in [6.07, 6.45) is 1.18. The van der Waals surface area contributed by atoms with Gasteiger partial charge in [-0.2, -0.15) is 0 Å². The first kappa shape index (κ1) is 14.0. The highest BCUT2D eigenvalue weighted by atomic mass is 32.2. The number of ether oxygens (including phenoxy) is 1. The van der Waals surface area contributed by atoms with Crippen LogP contribution in [0, 0.1) is 5.41 Å². The molecule has 0 aliphatic heterocycles. The summed E-state index contributed by atoms with van der Waals surface area (Å²) in [6.45, 7) is 5.06. The first-order chi connectivity index (χ1) is 7.74. The van der Waals surface area contributed by atoms with E-state index in [1.54, 1.807) is 24.3 Å². The average molecular weight is 257 g/mol. The molecule has 0 fully saturated rings. The van der Waals surface area contributed by atoms with Gasteiger partial charge in [-0.3, -0.25) is 0 Å². The molecule has 0 heterocycles. The molecule has 0 spiro atoms. The number of hydrogen-bond acceptors (Lipinski definition) is 4. The average Bonchev–Trinajstić information content (AvgIpc) is 2.26. The van der Waals surface area contributed by atoms with Gasteiger partial charge in [-0.1, -0.05) is 13.8 Å². The van der Waals surface area contributed by atoms with E-state index in [0.29, 0.717) is 23.8 Å². The van der Waals surface area contributed by atoms with E-state index in [4.69, 9.17) is 10.5 Å². The van der Waals surface area contributed by atoms with E-state index in [0.717, 1.165) is 0 Å². The fraction of sp³-hybridized carbons (Fsp3) is 0.500. The Balaban J connectivity index is 2.70. The normalized spacial score (nSPS) is 12.5. The predicted molar refractivity (Wildman–Crippen MR) is 67.9 cm³/mol. The SMILES string of the molecule is CC(C)(CN)COc1ccc(S(C)(=O)=O)cc1. The topological polar surface area (TPSA) is 69.4 Å². The van der Waals surface area contributed by atoms with Crippen molar-refractivity contribution in [2.24, 2.45) is 11.1 Å². The Morgan fingerprint density at radius 3 is 2.18 bits per heavy atom. The zero-order valence-electron chi connectivity index (χ0n) is 10.4. The maximum Gasteiger partial charge on any atom is 0.175 e. The molecule has 0 aliphatic carbocycles. The summed E-state index contributed by atoms with van der Waals surface area (Å²) in [5, 5.41) is 0. The van der Waals surface area contributed by atoms with Crippen LogP contribution in [0.1, 0.15) is 13.8 Å². The molecule has 0 radical (unpaired) electrons. The van der Waals surface area contributed by atoms with Crippen LogP contribution in [0.25, 0.3) is 0 Å². The van der Waals surface area contributed by atoms with Gasteiger partial charge in [0.05, 0.1) is 11.5 Å². The Morgan fingerprint density at radius 2 is 1.76 bits per heavy atom. The van der Waals surface area contributed by atoms with Crippen LogP contribution in [0.3, 0.4) is 0 Å². The van der Waals surface area contributed by atoms with E-state index in [1.165, 1.54) is 6.26 Å². The van der Waals surface area contributed by atoms with Crippen LogP contribution in [0.4, 0.5) is 0 Å². The first-order valence-corrected chi connectivity index (χ1v) is 7.27. The smallest absolute Gasteiger partial charge is 0.175 e. The van der Waals surface area contributed by atoms with Gasteiger partial charge in [-0.05, 0) is 24.3 Å². The molecular formula is C12H19NO3S. The highest BCUT2D eigenvalue weighted by Gasteiger charge is 2.16. The predicted octanol–water partition coefficient (Wildman–Crippen LogP) is 1.45. The molecule has 1 aromatic rings. The lowest BCUT2D eigenvalue weighted by atomic mass is 9.95. The third kappa shape index (κ3) is 4.36. The number of hydrogen-bond donors (Lipinski definition) is 1. The summed E-state index contributed by atoms with van der Waals surface area (Å²) in [5.41, 5.74) is 5.50. The fourth-order valence-corrected chi connectivity index (χ4v) is 1.75. The molecule has 0 saturated heterocycles. The van der Waals surface area contributed by atoms with Crippen molar-refractivity contribution in [3.8, 4) is 5.75 Å². The Morgan fingerprint density at radius 1 is 1.24 bits per heavy atom. The zero-order valence-corrected chi connectivity index (χ0v) is 11.3. The van der Waals surface area contributed by atoms with E-state index in [9.17, 15) is 8.42 Å². The van der Waals surface area contributed by atoms with Crippen LogP contribution < -0.4 is 10.5 Å². The third-order valence-corrected chi connectivity index (χ3v) is 3.56. The Kier molecular flexibility index (Phi) is 4.16. The Labute approximate surface area is 103 Å². The zero-order chi connectivity index (χ0) is 13.1. The molecule has 0 amide bonds. The summed E-state index contributed by atoms with van der Waals surface area (Å²) in [6, 6.07) is 6.40. The molecule has 0 saturated carbocycles. The van der Waals surface area contributed by atoms with Crippen molar-refractivity contribution < 1.29 is 13.2 Å². The molecule has 1 aromatic carbocycles. The second-order valence-electron chi connectivity index (χ2n) is 4.90. The van der Waals surface area contributed by atoms with Crippen LogP contribution in [-0.4, -0.2) is 27.8 Å². The molecule has 2 N–H and O–H groups in total.